The molecule has 0 heterocycles. The molecule has 3 unspecified atom stereocenters. The van der Waals surface area contributed by atoms with Crippen molar-refractivity contribution in [3.8, 4) is 11.5 Å². The molecule has 3 aromatic rings. The highest BCUT2D eigenvalue weighted by Gasteiger charge is 2.28. The molecule has 3 aromatic carbocycles. The fourth-order valence-corrected chi connectivity index (χ4v) is 4.19. The highest BCUT2D eigenvalue weighted by atomic mass is 16.5. The van der Waals surface area contributed by atoms with E-state index in [1.165, 1.54) is 11.1 Å². The molecule has 2 radical (unpaired) electrons. The van der Waals surface area contributed by atoms with Gasteiger partial charge >= 0.3 is 0 Å². The summed E-state index contributed by atoms with van der Waals surface area (Å²) in [7, 11) is 7.51. The molecule has 0 aliphatic carbocycles. The Labute approximate surface area is 206 Å². The van der Waals surface area contributed by atoms with Gasteiger partial charge < -0.3 is 14.2 Å². The largest absolute Gasteiger partial charge is 0.497 e. The summed E-state index contributed by atoms with van der Waals surface area (Å²) in [5.74, 6) is 2.01. The summed E-state index contributed by atoms with van der Waals surface area (Å²) in [6.07, 6.45) is 0.721. The Bertz CT molecular complexity index is 965. The maximum absolute atomic E-state index is 6.85. The summed E-state index contributed by atoms with van der Waals surface area (Å²) in [5, 5.41) is 0. The average Bonchev–Trinajstić information content (AvgIpc) is 2.83. The highest BCUT2D eigenvalue weighted by molar-refractivity contribution is 6.10. The first-order valence-electron chi connectivity index (χ1n) is 12.1. The van der Waals surface area contributed by atoms with Crippen LogP contribution < -0.4 is 9.47 Å². The molecule has 3 atom stereocenters. The van der Waals surface area contributed by atoms with E-state index in [1.807, 2.05) is 19.1 Å². The first-order valence-corrected chi connectivity index (χ1v) is 12.1. The third-order valence-corrected chi connectivity index (χ3v) is 6.35. The van der Waals surface area contributed by atoms with Gasteiger partial charge in [0.15, 0.2) is 0 Å². The van der Waals surface area contributed by atoms with Crippen LogP contribution in [-0.4, -0.2) is 33.2 Å². The van der Waals surface area contributed by atoms with Gasteiger partial charge in [0.1, 0.15) is 24.9 Å². The van der Waals surface area contributed by atoms with Gasteiger partial charge in [0.2, 0.25) is 0 Å². The predicted octanol–water partition coefficient (Wildman–Crippen LogP) is 7.08. The lowest BCUT2D eigenvalue weighted by Crippen LogP contribution is -2.32. The van der Waals surface area contributed by atoms with E-state index in [0.717, 1.165) is 29.0 Å². The van der Waals surface area contributed by atoms with Crippen molar-refractivity contribution in [2.75, 3.05) is 13.7 Å². The van der Waals surface area contributed by atoms with Gasteiger partial charge in [-0.05, 0) is 44.0 Å². The molecule has 0 fully saturated rings. The number of hydrogen-bond donors (Lipinski definition) is 0. The lowest BCUT2D eigenvalue weighted by molar-refractivity contribution is 0.0391. The lowest BCUT2D eigenvalue weighted by Gasteiger charge is -2.32. The van der Waals surface area contributed by atoms with Crippen LogP contribution in [0.15, 0.2) is 72.8 Å². The lowest BCUT2D eigenvalue weighted by atomic mass is 9.85. The van der Waals surface area contributed by atoms with Crippen LogP contribution in [0.1, 0.15) is 75.1 Å². The second kappa shape index (κ2) is 11.6. The third kappa shape index (κ3) is 6.67. The number of benzene rings is 3. The van der Waals surface area contributed by atoms with Gasteiger partial charge in [-0.1, -0.05) is 74.5 Å². The average molecular weight is 456 g/mol. The summed E-state index contributed by atoms with van der Waals surface area (Å²) in [5.41, 5.74) is 4.25. The Kier molecular flexibility index (Phi) is 8.85. The number of methoxy groups -OCH3 is 1. The molecule has 0 amide bonds. The SMILES string of the molecule is [B]C(C)OCCC(C)(C)Oc1c(C(C)c2ccccc2)cc(OC)cc1C(C)c1ccccc1. The molecular formula is C30H37BO3. The van der Waals surface area contributed by atoms with Gasteiger partial charge in [-0.3, -0.25) is 0 Å². The summed E-state index contributed by atoms with van der Waals surface area (Å²) in [6.45, 7) is 11.0. The van der Waals surface area contributed by atoms with Crippen molar-refractivity contribution in [2.45, 2.75) is 64.5 Å². The first-order chi connectivity index (χ1) is 16.2. The Morgan fingerprint density at radius 2 is 1.26 bits per heavy atom. The second-order valence-corrected chi connectivity index (χ2v) is 9.59. The van der Waals surface area contributed by atoms with Crippen LogP contribution in [0.25, 0.3) is 0 Å². The smallest absolute Gasteiger partial charge is 0.127 e. The third-order valence-electron chi connectivity index (χ3n) is 6.35. The molecule has 0 aliphatic heterocycles. The molecule has 0 saturated carbocycles. The molecule has 0 saturated heterocycles. The van der Waals surface area contributed by atoms with E-state index >= 15 is 0 Å². The fourth-order valence-electron chi connectivity index (χ4n) is 4.19. The zero-order valence-electron chi connectivity index (χ0n) is 21.4. The summed E-state index contributed by atoms with van der Waals surface area (Å²) in [6, 6.07) is 25.0. The maximum atomic E-state index is 6.85. The van der Waals surface area contributed by atoms with Crippen LogP contribution in [0.4, 0.5) is 0 Å². The van der Waals surface area contributed by atoms with Crippen LogP contribution >= 0.6 is 0 Å². The van der Waals surface area contributed by atoms with E-state index in [1.54, 1.807) is 7.11 Å². The molecule has 3 nitrogen and oxygen atoms in total. The summed E-state index contributed by atoms with van der Waals surface area (Å²) >= 11 is 0. The topological polar surface area (TPSA) is 27.7 Å². The Balaban J connectivity index is 2.11. The van der Waals surface area contributed by atoms with E-state index in [4.69, 9.17) is 22.1 Å². The Hall–Kier alpha value is -2.72. The van der Waals surface area contributed by atoms with E-state index in [9.17, 15) is 0 Å². The van der Waals surface area contributed by atoms with E-state index in [-0.39, 0.29) is 17.8 Å². The second-order valence-electron chi connectivity index (χ2n) is 9.59. The maximum Gasteiger partial charge on any atom is 0.127 e. The van der Waals surface area contributed by atoms with Crippen LogP contribution in [0, 0.1) is 0 Å². The van der Waals surface area contributed by atoms with Crippen molar-refractivity contribution in [1.29, 1.82) is 0 Å². The van der Waals surface area contributed by atoms with Gasteiger partial charge in [0, 0.05) is 42.0 Å². The molecule has 178 valence electrons. The molecule has 3 rings (SSSR count). The molecule has 0 aromatic heterocycles. The van der Waals surface area contributed by atoms with Crippen LogP contribution in [0.2, 0.25) is 0 Å². The van der Waals surface area contributed by atoms with Crippen molar-refractivity contribution in [2.24, 2.45) is 0 Å². The molecular weight excluding hydrogens is 419 g/mol. The molecule has 0 aliphatic rings. The van der Waals surface area contributed by atoms with Crippen molar-refractivity contribution in [3.05, 3.63) is 95.1 Å². The van der Waals surface area contributed by atoms with Crippen LogP contribution in [0.5, 0.6) is 11.5 Å². The number of ether oxygens (including phenoxy) is 3. The minimum Gasteiger partial charge on any atom is -0.497 e. The normalized spacial score (nSPS) is 14.3. The minimum atomic E-state index is -0.445. The monoisotopic (exact) mass is 456 g/mol. The molecule has 0 bridgehead atoms. The van der Waals surface area contributed by atoms with Gasteiger partial charge in [0.25, 0.3) is 0 Å². The fraction of sp³-hybridized carbons (Fsp3) is 0.400. The minimum absolute atomic E-state index is 0.129. The molecule has 34 heavy (non-hydrogen) atoms. The van der Waals surface area contributed by atoms with Gasteiger partial charge in [-0.15, -0.1) is 0 Å². The van der Waals surface area contributed by atoms with Crippen molar-refractivity contribution >= 4 is 7.85 Å². The predicted molar refractivity (Wildman–Crippen MR) is 141 cm³/mol. The zero-order chi connectivity index (χ0) is 24.7. The Morgan fingerprint density at radius 3 is 1.68 bits per heavy atom. The zero-order valence-corrected chi connectivity index (χ0v) is 21.4. The van der Waals surface area contributed by atoms with Crippen molar-refractivity contribution in [3.63, 3.8) is 0 Å². The quantitative estimate of drug-likeness (QED) is 0.289. The molecule has 4 heteroatoms. The number of rotatable bonds is 11. The van der Waals surface area contributed by atoms with Gasteiger partial charge in [-0.25, -0.2) is 0 Å². The van der Waals surface area contributed by atoms with Crippen LogP contribution in [-0.2, 0) is 4.74 Å². The van der Waals surface area contributed by atoms with Gasteiger partial charge in [-0.2, -0.15) is 0 Å². The first kappa shape index (κ1) is 25.9. The van der Waals surface area contributed by atoms with Crippen LogP contribution in [0.3, 0.4) is 0 Å². The van der Waals surface area contributed by atoms with Gasteiger partial charge in [0.05, 0.1) is 7.11 Å². The molecule has 0 N–H and O–H groups in total. The van der Waals surface area contributed by atoms with E-state index < -0.39 is 5.60 Å². The number of hydrogen-bond acceptors (Lipinski definition) is 3. The molecule has 0 spiro atoms. The summed E-state index contributed by atoms with van der Waals surface area (Å²) in [4.78, 5) is 0. The standard InChI is InChI=1S/C30H37BO3/c1-21(24-13-9-7-10-14-24)27-19-26(32-6)20-28(22(2)25-15-11-8-12-16-25)29(27)34-30(4,5)17-18-33-23(3)31/h7-16,19-23H,17-18H2,1-6H3. The van der Waals surface area contributed by atoms with Crippen molar-refractivity contribution < 1.29 is 14.2 Å². The van der Waals surface area contributed by atoms with E-state index in [2.05, 4.69) is 88.4 Å². The summed E-state index contributed by atoms with van der Waals surface area (Å²) < 4.78 is 18.2. The Morgan fingerprint density at radius 1 is 0.794 bits per heavy atom. The van der Waals surface area contributed by atoms with E-state index in [0.29, 0.717) is 6.61 Å². The highest BCUT2D eigenvalue weighted by Crippen LogP contribution is 2.44. The van der Waals surface area contributed by atoms with Crippen molar-refractivity contribution in [1.82, 2.24) is 0 Å².